The molecule has 1 aliphatic heterocycles. The van der Waals surface area contributed by atoms with Crippen LogP contribution < -0.4 is 5.43 Å². The van der Waals surface area contributed by atoms with Gasteiger partial charge >= 0.3 is 0 Å². The van der Waals surface area contributed by atoms with E-state index in [4.69, 9.17) is 0 Å². The lowest BCUT2D eigenvalue weighted by atomic mass is 10.1. The SMILES string of the molecule is O=C(N/N=C\c1ccc(-n2cnc3ccccc32)cc1)[C@@H]1CCS(=O)(=O)C1. The van der Waals surface area contributed by atoms with Crippen LogP contribution in [0.15, 0.2) is 60.0 Å². The molecular weight excluding hydrogens is 364 g/mol. The maximum atomic E-state index is 12.0. The molecule has 7 nitrogen and oxygen atoms in total. The first-order valence-corrected chi connectivity index (χ1v) is 10.4. The van der Waals surface area contributed by atoms with Gasteiger partial charge in [-0.15, -0.1) is 0 Å². The van der Waals surface area contributed by atoms with Gasteiger partial charge in [-0.3, -0.25) is 9.36 Å². The Balaban J connectivity index is 1.42. The first kappa shape index (κ1) is 17.4. The zero-order valence-corrected chi connectivity index (χ0v) is 15.3. The number of carbonyl (C=O) groups excluding carboxylic acids is 1. The van der Waals surface area contributed by atoms with Crippen molar-refractivity contribution >= 4 is 33.0 Å². The molecule has 2 aromatic carbocycles. The fourth-order valence-electron chi connectivity index (χ4n) is 3.15. The number of fused-ring (bicyclic) bond motifs is 1. The number of carbonyl (C=O) groups is 1. The summed E-state index contributed by atoms with van der Waals surface area (Å²) in [5.74, 6) is -0.890. The van der Waals surface area contributed by atoms with Gasteiger partial charge < -0.3 is 0 Å². The molecule has 4 rings (SSSR count). The first-order chi connectivity index (χ1) is 13.0. The van der Waals surface area contributed by atoms with Crippen molar-refractivity contribution in [2.75, 3.05) is 11.5 Å². The number of sulfone groups is 1. The number of hydrogen-bond donors (Lipinski definition) is 1. The molecule has 0 aliphatic carbocycles. The summed E-state index contributed by atoms with van der Waals surface area (Å²) >= 11 is 0. The van der Waals surface area contributed by atoms with Gasteiger partial charge in [-0.1, -0.05) is 24.3 Å². The highest BCUT2D eigenvalue weighted by Gasteiger charge is 2.32. The summed E-state index contributed by atoms with van der Waals surface area (Å²) in [5.41, 5.74) is 6.18. The Morgan fingerprint density at radius 3 is 2.70 bits per heavy atom. The Hall–Kier alpha value is -3.00. The van der Waals surface area contributed by atoms with Crippen LogP contribution in [0.25, 0.3) is 16.7 Å². The van der Waals surface area contributed by atoms with Crippen LogP contribution in [0.5, 0.6) is 0 Å². The highest BCUT2D eigenvalue weighted by atomic mass is 32.2. The van der Waals surface area contributed by atoms with Crippen LogP contribution in [-0.4, -0.2) is 41.6 Å². The smallest absolute Gasteiger partial charge is 0.244 e. The average Bonchev–Trinajstić information content (AvgIpc) is 3.25. The predicted octanol–water partition coefficient (Wildman–Crippen LogP) is 1.91. The first-order valence-electron chi connectivity index (χ1n) is 8.58. The summed E-state index contributed by atoms with van der Waals surface area (Å²) < 4.78 is 24.9. The second-order valence-electron chi connectivity index (χ2n) is 6.53. The third-order valence-corrected chi connectivity index (χ3v) is 6.38. The molecule has 1 aromatic heterocycles. The van der Waals surface area contributed by atoms with E-state index in [-0.39, 0.29) is 17.4 Å². The second-order valence-corrected chi connectivity index (χ2v) is 8.76. The molecule has 0 bridgehead atoms. The number of imidazole rings is 1. The van der Waals surface area contributed by atoms with Crippen LogP contribution >= 0.6 is 0 Å². The molecule has 1 saturated heterocycles. The van der Waals surface area contributed by atoms with Crippen molar-refractivity contribution in [2.45, 2.75) is 6.42 Å². The van der Waals surface area contributed by atoms with Gasteiger partial charge in [0.15, 0.2) is 9.84 Å². The van der Waals surface area contributed by atoms with Crippen LogP contribution in [0.1, 0.15) is 12.0 Å². The highest BCUT2D eigenvalue weighted by Crippen LogP contribution is 2.19. The number of benzene rings is 2. The number of nitrogens with one attached hydrogen (secondary N) is 1. The number of rotatable bonds is 4. The molecule has 1 aliphatic rings. The molecule has 0 spiro atoms. The van der Waals surface area contributed by atoms with Crippen LogP contribution in [0.4, 0.5) is 0 Å². The molecule has 2 heterocycles. The lowest BCUT2D eigenvalue weighted by Gasteiger charge is -2.05. The van der Waals surface area contributed by atoms with Crippen molar-refractivity contribution in [1.82, 2.24) is 15.0 Å². The van der Waals surface area contributed by atoms with Crippen molar-refractivity contribution in [2.24, 2.45) is 11.0 Å². The molecule has 1 atom stereocenters. The van der Waals surface area contributed by atoms with Crippen LogP contribution in [0, 0.1) is 5.92 Å². The fourth-order valence-corrected chi connectivity index (χ4v) is 4.89. The van der Waals surface area contributed by atoms with Gasteiger partial charge in [-0.05, 0) is 36.2 Å². The third kappa shape index (κ3) is 3.75. The summed E-state index contributed by atoms with van der Waals surface area (Å²) in [6.07, 6.45) is 3.68. The zero-order valence-electron chi connectivity index (χ0n) is 14.4. The number of aromatic nitrogens is 2. The van der Waals surface area contributed by atoms with E-state index in [0.717, 1.165) is 22.3 Å². The van der Waals surface area contributed by atoms with Gasteiger partial charge in [-0.25, -0.2) is 18.8 Å². The molecule has 1 fully saturated rings. The minimum Gasteiger partial charge on any atom is -0.299 e. The molecule has 0 radical (unpaired) electrons. The van der Waals surface area contributed by atoms with E-state index >= 15 is 0 Å². The standard InChI is InChI=1S/C19H18N4O3S/c24-19(15-9-10-27(25,26)12-15)22-21-11-14-5-7-16(8-6-14)23-13-20-17-3-1-2-4-18(17)23/h1-8,11,13,15H,9-10,12H2,(H,22,24)/b21-11-/t15-/m1/s1. The van der Waals surface area contributed by atoms with Gasteiger partial charge in [0.1, 0.15) is 6.33 Å². The monoisotopic (exact) mass is 382 g/mol. The number of amides is 1. The zero-order chi connectivity index (χ0) is 18.9. The van der Waals surface area contributed by atoms with Crippen molar-refractivity contribution in [3.63, 3.8) is 0 Å². The number of hydrogen-bond acceptors (Lipinski definition) is 5. The van der Waals surface area contributed by atoms with Crippen molar-refractivity contribution in [3.8, 4) is 5.69 Å². The maximum Gasteiger partial charge on any atom is 0.244 e. The van der Waals surface area contributed by atoms with Gasteiger partial charge in [0.25, 0.3) is 0 Å². The quantitative estimate of drug-likeness (QED) is 0.551. The van der Waals surface area contributed by atoms with Crippen molar-refractivity contribution in [1.29, 1.82) is 0 Å². The molecule has 27 heavy (non-hydrogen) atoms. The van der Waals surface area contributed by atoms with Crippen LogP contribution in [-0.2, 0) is 14.6 Å². The molecule has 8 heteroatoms. The largest absolute Gasteiger partial charge is 0.299 e. The Labute approximate surface area is 156 Å². The molecule has 0 saturated carbocycles. The minimum atomic E-state index is -3.08. The Bertz CT molecular complexity index is 1120. The van der Waals surface area contributed by atoms with Gasteiger partial charge in [-0.2, -0.15) is 5.10 Å². The number of nitrogens with zero attached hydrogens (tertiary/aromatic N) is 3. The number of para-hydroxylation sites is 2. The molecule has 138 valence electrons. The van der Waals surface area contributed by atoms with E-state index in [1.807, 2.05) is 53.1 Å². The van der Waals surface area contributed by atoms with Crippen LogP contribution in [0.3, 0.4) is 0 Å². The minimum absolute atomic E-state index is 0.0686. The highest BCUT2D eigenvalue weighted by molar-refractivity contribution is 7.91. The third-order valence-electron chi connectivity index (χ3n) is 4.62. The average molecular weight is 382 g/mol. The van der Waals surface area contributed by atoms with Gasteiger partial charge in [0, 0.05) is 5.69 Å². The van der Waals surface area contributed by atoms with E-state index < -0.39 is 15.8 Å². The fraction of sp³-hybridized carbons (Fsp3) is 0.211. The molecule has 0 unspecified atom stereocenters. The Morgan fingerprint density at radius 1 is 1.19 bits per heavy atom. The Morgan fingerprint density at radius 2 is 1.96 bits per heavy atom. The molecule has 1 N–H and O–H groups in total. The number of hydrazone groups is 1. The predicted molar refractivity (Wildman–Crippen MR) is 104 cm³/mol. The maximum absolute atomic E-state index is 12.0. The normalized spacial score (nSPS) is 18.9. The van der Waals surface area contributed by atoms with Gasteiger partial charge in [0.2, 0.25) is 5.91 Å². The van der Waals surface area contributed by atoms with Gasteiger partial charge in [0.05, 0.1) is 34.7 Å². The van der Waals surface area contributed by atoms with E-state index in [9.17, 15) is 13.2 Å². The summed E-state index contributed by atoms with van der Waals surface area (Å²) in [5, 5.41) is 3.94. The Kier molecular flexibility index (Phi) is 4.49. The summed E-state index contributed by atoms with van der Waals surface area (Å²) in [7, 11) is -3.08. The topological polar surface area (TPSA) is 93.4 Å². The van der Waals surface area contributed by atoms with E-state index in [0.29, 0.717) is 6.42 Å². The second kappa shape index (κ2) is 6.96. The molecular formula is C19H18N4O3S. The van der Waals surface area contributed by atoms with Crippen molar-refractivity contribution < 1.29 is 13.2 Å². The van der Waals surface area contributed by atoms with E-state index in [1.54, 1.807) is 6.33 Å². The van der Waals surface area contributed by atoms with E-state index in [2.05, 4.69) is 15.5 Å². The lowest BCUT2D eigenvalue weighted by Crippen LogP contribution is -2.27. The summed E-state index contributed by atoms with van der Waals surface area (Å²) in [4.78, 5) is 16.3. The van der Waals surface area contributed by atoms with Crippen LogP contribution in [0.2, 0.25) is 0 Å². The lowest BCUT2D eigenvalue weighted by molar-refractivity contribution is -0.124. The summed E-state index contributed by atoms with van der Waals surface area (Å²) in [6, 6.07) is 15.6. The summed E-state index contributed by atoms with van der Waals surface area (Å²) in [6.45, 7) is 0. The van der Waals surface area contributed by atoms with E-state index in [1.165, 1.54) is 6.21 Å². The van der Waals surface area contributed by atoms with Crippen molar-refractivity contribution in [3.05, 3.63) is 60.4 Å². The molecule has 1 amide bonds. The molecule has 3 aromatic rings.